The Balaban J connectivity index is 1.29. The molecule has 11 nitrogen and oxygen atoms in total. The second-order valence-electron chi connectivity index (χ2n) is 9.41. The molecular weight excluding hydrogens is 513 g/mol. The second-order valence-corrected chi connectivity index (χ2v) is 9.41. The lowest BCUT2D eigenvalue weighted by Gasteiger charge is -2.33. The number of fused-ring (bicyclic) bond motifs is 1. The average Bonchev–Trinajstić information content (AvgIpc) is 3.24. The number of nitrogens with zero attached hydrogens (tertiary/aromatic N) is 7. The van der Waals surface area contributed by atoms with E-state index in [4.69, 9.17) is 5.73 Å². The number of aryl methyl sites for hydroxylation is 1. The number of halogens is 3. The molecule has 3 heterocycles. The van der Waals surface area contributed by atoms with Crippen LogP contribution < -0.4 is 16.4 Å². The number of carbonyl (C=O) groups is 1. The fraction of sp³-hybridized carbons (Fsp3) is 0.320. The maximum Gasteiger partial charge on any atom is 0.416 e. The summed E-state index contributed by atoms with van der Waals surface area (Å²) in [5.74, 6) is 0.608. The molecule has 2 aromatic heterocycles. The van der Waals surface area contributed by atoms with Crippen LogP contribution in [0.15, 0.2) is 42.6 Å². The summed E-state index contributed by atoms with van der Waals surface area (Å²) in [7, 11) is 3.64. The number of likely N-dealkylation sites (N-methyl/N-ethyl adjacent to an activating group) is 1. The van der Waals surface area contributed by atoms with Crippen LogP contribution in [0.25, 0.3) is 22.3 Å². The minimum atomic E-state index is -4.57. The summed E-state index contributed by atoms with van der Waals surface area (Å²) in [4.78, 5) is 29.2. The molecule has 204 valence electrons. The minimum absolute atomic E-state index is 0.00640. The van der Waals surface area contributed by atoms with Crippen molar-refractivity contribution in [3.63, 3.8) is 0 Å². The number of nitrogens with one attached hydrogen (secondary N) is 2. The lowest BCUT2D eigenvalue weighted by Crippen LogP contribution is -2.44. The fourth-order valence-electron chi connectivity index (χ4n) is 4.44. The molecule has 5 rings (SSSR count). The molecule has 0 bridgehead atoms. The van der Waals surface area contributed by atoms with Crippen LogP contribution in [0, 0.1) is 0 Å². The van der Waals surface area contributed by atoms with E-state index in [0.717, 1.165) is 24.5 Å². The van der Waals surface area contributed by atoms with Crippen molar-refractivity contribution in [3.8, 4) is 11.4 Å². The highest BCUT2D eigenvalue weighted by Gasteiger charge is 2.34. The van der Waals surface area contributed by atoms with E-state index in [1.54, 1.807) is 25.4 Å². The summed E-state index contributed by atoms with van der Waals surface area (Å²) in [6.07, 6.45) is -2.97. The standard InChI is InChI=1S/C25H27F3N10O/c1-36-7-9-38(10-8-36)14-16-3-5-18(12-19(16)25(26,27)28)31-24(39)34-23-33-21(37(2)35-23)15-4-6-20-17(11-15)13-30-22(29)32-20/h3-6,11-13H,7-10,14H2,1-2H3,(H2,29,30,32)(H2,31,34,35,39). The Bertz CT molecular complexity index is 1510. The third-order valence-electron chi connectivity index (χ3n) is 6.51. The number of hydrogen-bond donors (Lipinski definition) is 3. The molecular formula is C25H27F3N10O. The number of anilines is 3. The zero-order valence-electron chi connectivity index (χ0n) is 21.3. The SMILES string of the molecule is CN1CCN(Cc2ccc(NC(=O)Nc3nc(-c4ccc5nc(N)ncc5c4)n(C)n3)cc2C(F)(F)F)CC1. The van der Waals surface area contributed by atoms with Crippen LogP contribution >= 0.6 is 0 Å². The largest absolute Gasteiger partial charge is 0.416 e. The third-order valence-corrected chi connectivity index (χ3v) is 6.51. The van der Waals surface area contributed by atoms with E-state index >= 15 is 0 Å². The van der Waals surface area contributed by atoms with E-state index in [0.29, 0.717) is 30.0 Å². The Morgan fingerprint density at radius 3 is 2.54 bits per heavy atom. The van der Waals surface area contributed by atoms with Crippen molar-refractivity contribution in [1.82, 2.24) is 34.5 Å². The number of nitrogens with two attached hydrogens (primary N) is 1. The van der Waals surface area contributed by atoms with E-state index in [2.05, 4.69) is 35.6 Å². The van der Waals surface area contributed by atoms with Gasteiger partial charge in [-0.05, 0) is 42.9 Å². The number of piperazine rings is 1. The van der Waals surface area contributed by atoms with Crippen LogP contribution in [0.5, 0.6) is 0 Å². The normalized spacial score (nSPS) is 15.0. The number of hydrogen-bond acceptors (Lipinski definition) is 8. The van der Waals surface area contributed by atoms with E-state index in [9.17, 15) is 18.0 Å². The molecule has 0 atom stereocenters. The number of amides is 2. The molecule has 4 N–H and O–H groups in total. The zero-order chi connectivity index (χ0) is 27.7. The molecule has 2 aromatic carbocycles. The lowest BCUT2D eigenvalue weighted by molar-refractivity contribution is -0.138. The van der Waals surface area contributed by atoms with Gasteiger partial charge in [-0.1, -0.05) is 6.07 Å². The van der Waals surface area contributed by atoms with E-state index in [-0.39, 0.29) is 29.7 Å². The van der Waals surface area contributed by atoms with Crippen LogP contribution in [0.3, 0.4) is 0 Å². The molecule has 0 radical (unpaired) electrons. The van der Waals surface area contributed by atoms with Crippen molar-refractivity contribution >= 4 is 34.5 Å². The van der Waals surface area contributed by atoms with Gasteiger partial charge in [0.05, 0.1) is 11.1 Å². The molecule has 1 saturated heterocycles. The third kappa shape index (κ3) is 6.07. The van der Waals surface area contributed by atoms with Gasteiger partial charge in [0.2, 0.25) is 5.95 Å². The van der Waals surface area contributed by atoms with Gasteiger partial charge in [0.1, 0.15) is 0 Å². The molecule has 0 spiro atoms. The fourth-order valence-corrected chi connectivity index (χ4v) is 4.44. The first kappa shape index (κ1) is 26.3. The summed E-state index contributed by atoms with van der Waals surface area (Å²) in [5.41, 5.74) is 6.38. The van der Waals surface area contributed by atoms with Gasteiger partial charge in [-0.2, -0.15) is 18.2 Å². The Kier molecular flexibility index (Phi) is 7.06. The van der Waals surface area contributed by atoms with Crippen molar-refractivity contribution in [2.45, 2.75) is 12.7 Å². The first-order chi connectivity index (χ1) is 18.5. The molecule has 2 amide bonds. The second kappa shape index (κ2) is 10.5. The number of alkyl halides is 3. The lowest BCUT2D eigenvalue weighted by atomic mass is 10.0. The smallest absolute Gasteiger partial charge is 0.368 e. The van der Waals surface area contributed by atoms with Crippen molar-refractivity contribution in [3.05, 3.63) is 53.7 Å². The average molecular weight is 541 g/mol. The number of benzene rings is 2. The molecule has 39 heavy (non-hydrogen) atoms. The Morgan fingerprint density at radius 2 is 1.79 bits per heavy atom. The number of aromatic nitrogens is 5. The van der Waals surface area contributed by atoms with E-state index < -0.39 is 17.8 Å². The predicted octanol–water partition coefficient (Wildman–Crippen LogP) is 3.42. The topological polar surface area (TPSA) is 130 Å². The summed E-state index contributed by atoms with van der Waals surface area (Å²) in [6.45, 7) is 3.17. The van der Waals surface area contributed by atoms with Gasteiger partial charge < -0.3 is 16.0 Å². The number of rotatable bonds is 5. The first-order valence-electron chi connectivity index (χ1n) is 12.2. The quantitative estimate of drug-likeness (QED) is 0.351. The highest BCUT2D eigenvalue weighted by atomic mass is 19.4. The van der Waals surface area contributed by atoms with Gasteiger partial charge in [-0.25, -0.2) is 19.4 Å². The Hall–Kier alpha value is -4.30. The number of carbonyl (C=O) groups excluding carboxylic acids is 1. The van der Waals surface area contributed by atoms with Gasteiger partial charge >= 0.3 is 12.2 Å². The molecule has 1 aliphatic rings. The van der Waals surface area contributed by atoms with Crippen molar-refractivity contribution < 1.29 is 18.0 Å². The summed E-state index contributed by atoms with van der Waals surface area (Å²) < 4.78 is 43.1. The van der Waals surface area contributed by atoms with Crippen LogP contribution in [-0.4, -0.2) is 73.8 Å². The molecule has 14 heteroatoms. The molecule has 4 aromatic rings. The maximum atomic E-state index is 13.9. The van der Waals surface area contributed by atoms with Crippen molar-refractivity contribution in [2.75, 3.05) is 49.6 Å². The van der Waals surface area contributed by atoms with Crippen molar-refractivity contribution in [1.29, 1.82) is 0 Å². The Labute approximate surface area is 221 Å². The Morgan fingerprint density at radius 1 is 1.03 bits per heavy atom. The van der Waals surface area contributed by atoms with Gasteiger partial charge in [-0.15, -0.1) is 5.10 Å². The summed E-state index contributed by atoms with van der Waals surface area (Å²) in [5, 5.41) is 9.87. The predicted molar refractivity (Wildman–Crippen MR) is 141 cm³/mol. The first-order valence-corrected chi connectivity index (χ1v) is 12.2. The molecule has 1 fully saturated rings. The highest BCUT2D eigenvalue weighted by molar-refractivity contribution is 5.98. The van der Waals surface area contributed by atoms with Crippen LogP contribution in [0.2, 0.25) is 0 Å². The zero-order valence-corrected chi connectivity index (χ0v) is 21.3. The monoisotopic (exact) mass is 540 g/mol. The number of urea groups is 1. The van der Waals surface area contributed by atoms with Gasteiger partial charge in [-0.3, -0.25) is 10.2 Å². The van der Waals surface area contributed by atoms with Gasteiger partial charge in [0.25, 0.3) is 5.95 Å². The minimum Gasteiger partial charge on any atom is -0.368 e. The summed E-state index contributed by atoms with van der Waals surface area (Å²) >= 11 is 0. The van der Waals surface area contributed by atoms with Gasteiger partial charge in [0, 0.05) is 62.6 Å². The van der Waals surface area contributed by atoms with Crippen LogP contribution in [0.1, 0.15) is 11.1 Å². The van der Waals surface area contributed by atoms with E-state index in [1.807, 2.05) is 18.0 Å². The number of nitrogen functional groups attached to an aromatic ring is 1. The van der Waals surface area contributed by atoms with Gasteiger partial charge in [0.15, 0.2) is 5.82 Å². The molecule has 0 unspecified atom stereocenters. The van der Waals surface area contributed by atoms with Crippen LogP contribution in [-0.2, 0) is 19.8 Å². The molecule has 0 saturated carbocycles. The van der Waals surface area contributed by atoms with Crippen LogP contribution in [0.4, 0.5) is 35.5 Å². The summed E-state index contributed by atoms with van der Waals surface area (Å²) in [6, 6.07) is 8.41. The van der Waals surface area contributed by atoms with Crippen molar-refractivity contribution in [2.24, 2.45) is 7.05 Å². The molecule has 0 aliphatic carbocycles. The maximum absolute atomic E-state index is 13.9. The van der Waals surface area contributed by atoms with E-state index in [1.165, 1.54) is 16.8 Å². The molecule has 1 aliphatic heterocycles. The highest BCUT2D eigenvalue weighted by Crippen LogP contribution is 2.34.